The Morgan fingerprint density at radius 3 is 2.35 bits per heavy atom. The molecule has 0 radical (unpaired) electrons. The standard InChI is InChI=1S/C15H13F3O2/c1-10-3-2-4-12(7-10)20-13-6-5-11(9-19)14(8-13)15(16,17)18/h2-8,19H,9H2,1H3. The summed E-state index contributed by atoms with van der Waals surface area (Å²) in [5.41, 5.74) is -0.107. The summed E-state index contributed by atoms with van der Waals surface area (Å²) in [4.78, 5) is 0. The molecule has 2 nitrogen and oxygen atoms in total. The highest BCUT2D eigenvalue weighted by Gasteiger charge is 2.33. The zero-order valence-corrected chi connectivity index (χ0v) is 10.7. The van der Waals surface area contributed by atoms with Gasteiger partial charge in [-0.05, 0) is 42.3 Å². The van der Waals surface area contributed by atoms with Crippen LogP contribution in [0.15, 0.2) is 42.5 Å². The van der Waals surface area contributed by atoms with Crippen molar-refractivity contribution >= 4 is 0 Å². The largest absolute Gasteiger partial charge is 0.457 e. The average Bonchev–Trinajstić information content (AvgIpc) is 2.37. The number of aliphatic hydroxyl groups is 1. The van der Waals surface area contributed by atoms with Crippen LogP contribution in [0.25, 0.3) is 0 Å². The van der Waals surface area contributed by atoms with Crippen molar-refractivity contribution in [1.82, 2.24) is 0 Å². The van der Waals surface area contributed by atoms with Gasteiger partial charge < -0.3 is 9.84 Å². The van der Waals surface area contributed by atoms with Gasteiger partial charge in [0.1, 0.15) is 11.5 Å². The van der Waals surface area contributed by atoms with Gasteiger partial charge in [0.2, 0.25) is 0 Å². The Morgan fingerprint density at radius 2 is 1.75 bits per heavy atom. The maximum absolute atomic E-state index is 12.9. The van der Waals surface area contributed by atoms with Gasteiger partial charge in [-0.15, -0.1) is 0 Å². The normalized spacial score (nSPS) is 11.4. The Morgan fingerprint density at radius 1 is 1.05 bits per heavy atom. The molecular weight excluding hydrogens is 269 g/mol. The zero-order chi connectivity index (χ0) is 14.8. The van der Waals surface area contributed by atoms with Crippen LogP contribution in [0.2, 0.25) is 0 Å². The summed E-state index contributed by atoms with van der Waals surface area (Å²) in [6, 6.07) is 10.5. The maximum atomic E-state index is 12.9. The fourth-order valence-corrected chi connectivity index (χ4v) is 1.84. The first kappa shape index (κ1) is 14.4. The predicted molar refractivity (Wildman–Crippen MR) is 68.6 cm³/mol. The zero-order valence-electron chi connectivity index (χ0n) is 10.7. The van der Waals surface area contributed by atoms with Gasteiger partial charge in [0.25, 0.3) is 0 Å². The van der Waals surface area contributed by atoms with Crippen LogP contribution in [0.5, 0.6) is 11.5 Å². The highest BCUT2D eigenvalue weighted by Crippen LogP contribution is 2.35. The number of ether oxygens (including phenoxy) is 1. The molecule has 0 atom stereocenters. The third kappa shape index (κ3) is 3.30. The molecule has 0 aliphatic rings. The molecule has 0 saturated carbocycles. The van der Waals surface area contributed by atoms with Crippen LogP contribution in [0.4, 0.5) is 13.2 Å². The Kier molecular flexibility index (Phi) is 3.99. The fourth-order valence-electron chi connectivity index (χ4n) is 1.84. The summed E-state index contributed by atoms with van der Waals surface area (Å²) >= 11 is 0. The minimum absolute atomic E-state index is 0.0834. The van der Waals surface area contributed by atoms with Crippen molar-refractivity contribution in [2.24, 2.45) is 0 Å². The van der Waals surface area contributed by atoms with Crippen LogP contribution in [0, 0.1) is 6.92 Å². The maximum Gasteiger partial charge on any atom is 0.416 e. The molecule has 0 aliphatic carbocycles. The van der Waals surface area contributed by atoms with E-state index in [1.807, 2.05) is 13.0 Å². The van der Waals surface area contributed by atoms with E-state index in [2.05, 4.69) is 0 Å². The van der Waals surface area contributed by atoms with E-state index in [4.69, 9.17) is 9.84 Å². The van der Waals surface area contributed by atoms with Gasteiger partial charge in [-0.2, -0.15) is 13.2 Å². The first-order valence-corrected chi connectivity index (χ1v) is 5.95. The molecule has 106 valence electrons. The molecule has 0 amide bonds. The third-order valence-corrected chi connectivity index (χ3v) is 2.78. The molecular formula is C15H13F3O2. The topological polar surface area (TPSA) is 29.5 Å². The number of aryl methyl sites for hydroxylation is 1. The third-order valence-electron chi connectivity index (χ3n) is 2.78. The number of rotatable bonds is 3. The van der Waals surface area contributed by atoms with Crippen molar-refractivity contribution in [3.63, 3.8) is 0 Å². The van der Waals surface area contributed by atoms with Crippen molar-refractivity contribution in [1.29, 1.82) is 0 Å². The van der Waals surface area contributed by atoms with Crippen LogP contribution < -0.4 is 4.74 Å². The molecule has 0 unspecified atom stereocenters. The first-order chi connectivity index (χ1) is 9.40. The quantitative estimate of drug-likeness (QED) is 0.909. The van der Waals surface area contributed by atoms with Gasteiger partial charge in [0.15, 0.2) is 0 Å². The summed E-state index contributed by atoms with van der Waals surface area (Å²) in [6.45, 7) is 1.20. The van der Waals surface area contributed by atoms with E-state index in [9.17, 15) is 13.2 Å². The number of alkyl halides is 3. The molecule has 0 bridgehead atoms. The molecule has 20 heavy (non-hydrogen) atoms. The molecule has 5 heteroatoms. The Bertz CT molecular complexity index is 606. The van der Waals surface area contributed by atoms with Gasteiger partial charge in [-0.3, -0.25) is 0 Å². The molecule has 0 aromatic heterocycles. The average molecular weight is 282 g/mol. The molecule has 2 aromatic rings. The van der Waals surface area contributed by atoms with E-state index in [-0.39, 0.29) is 11.3 Å². The molecule has 0 spiro atoms. The minimum atomic E-state index is -4.52. The summed E-state index contributed by atoms with van der Waals surface area (Å²) in [5, 5.41) is 8.96. The fraction of sp³-hybridized carbons (Fsp3) is 0.200. The molecule has 2 rings (SSSR count). The predicted octanol–water partition coefficient (Wildman–Crippen LogP) is 4.30. The van der Waals surface area contributed by atoms with Crippen molar-refractivity contribution in [2.45, 2.75) is 19.7 Å². The van der Waals surface area contributed by atoms with Crippen LogP contribution in [-0.4, -0.2) is 5.11 Å². The van der Waals surface area contributed by atoms with Crippen LogP contribution in [0.3, 0.4) is 0 Å². The second-order valence-electron chi connectivity index (χ2n) is 4.39. The number of benzene rings is 2. The second-order valence-corrected chi connectivity index (χ2v) is 4.39. The molecule has 0 fully saturated rings. The van der Waals surface area contributed by atoms with Crippen LogP contribution in [0.1, 0.15) is 16.7 Å². The number of halogens is 3. The van der Waals surface area contributed by atoms with E-state index in [0.29, 0.717) is 5.75 Å². The lowest BCUT2D eigenvalue weighted by Crippen LogP contribution is -2.09. The van der Waals surface area contributed by atoms with Gasteiger partial charge in [0.05, 0.1) is 12.2 Å². The van der Waals surface area contributed by atoms with Crippen molar-refractivity contribution in [2.75, 3.05) is 0 Å². The lowest BCUT2D eigenvalue weighted by molar-refractivity contribution is -0.138. The Labute approximate surface area is 114 Å². The highest BCUT2D eigenvalue weighted by atomic mass is 19.4. The van der Waals surface area contributed by atoms with E-state index < -0.39 is 18.3 Å². The lowest BCUT2D eigenvalue weighted by atomic mass is 10.1. The van der Waals surface area contributed by atoms with Crippen LogP contribution in [-0.2, 0) is 12.8 Å². The van der Waals surface area contributed by atoms with Gasteiger partial charge in [-0.25, -0.2) is 0 Å². The van der Waals surface area contributed by atoms with E-state index in [0.717, 1.165) is 11.6 Å². The molecule has 0 aliphatic heterocycles. The first-order valence-electron chi connectivity index (χ1n) is 5.95. The van der Waals surface area contributed by atoms with Crippen molar-refractivity contribution in [3.05, 3.63) is 59.2 Å². The molecule has 0 saturated heterocycles. The Hall–Kier alpha value is -2.01. The van der Waals surface area contributed by atoms with E-state index in [1.54, 1.807) is 18.2 Å². The molecule has 0 heterocycles. The monoisotopic (exact) mass is 282 g/mol. The van der Waals surface area contributed by atoms with E-state index >= 15 is 0 Å². The van der Waals surface area contributed by atoms with Gasteiger partial charge in [-0.1, -0.05) is 18.2 Å². The second kappa shape index (κ2) is 5.54. The summed E-state index contributed by atoms with van der Waals surface area (Å²) in [5.74, 6) is 0.551. The minimum Gasteiger partial charge on any atom is -0.457 e. The number of aliphatic hydroxyl groups excluding tert-OH is 1. The van der Waals surface area contributed by atoms with E-state index in [1.165, 1.54) is 12.1 Å². The summed E-state index contributed by atoms with van der Waals surface area (Å²) < 4.78 is 44.0. The molecule has 2 aromatic carbocycles. The SMILES string of the molecule is Cc1cccc(Oc2ccc(CO)c(C(F)(F)F)c2)c1. The smallest absolute Gasteiger partial charge is 0.416 e. The van der Waals surface area contributed by atoms with Gasteiger partial charge in [0, 0.05) is 0 Å². The van der Waals surface area contributed by atoms with Crippen molar-refractivity contribution < 1.29 is 23.0 Å². The highest BCUT2D eigenvalue weighted by molar-refractivity contribution is 5.40. The summed E-state index contributed by atoms with van der Waals surface area (Å²) in [7, 11) is 0. The number of hydrogen-bond acceptors (Lipinski definition) is 2. The Balaban J connectivity index is 2.34. The van der Waals surface area contributed by atoms with Gasteiger partial charge >= 0.3 is 6.18 Å². The summed E-state index contributed by atoms with van der Waals surface area (Å²) in [6.07, 6.45) is -4.52. The number of hydrogen-bond donors (Lipinski definition) is 1. The van der Waals surface area contributed by atoms with Crippen LogP contribution >= 0.6 is 0 Å². The van der Waals surface area contributed by atoms with Crippen molar-refractivity contribution in [3.8, 4) is 11.5 Å². The molecule has 1 N–H and O–H groups in total. The lowest BCUT2D eigenvalue weighted by Gasteiger charge is -2.14.